The third-order valence-electron chi connectivity index (χ3n) is 4.31. The Morgan fingerprint density at radius 2 is 1.83 bits per heavy atom. The Morgan fingerprint density at radius 3 is 2.71 bits per heavy atom. The predicted molar refractivity (Wildman–Crippen MR) is 108 cm³/mol. The maximum Gasteiger partial charge on any atom is 0.123 e. The molecule has 24 heavy (non-hydrogen) atoms. The van der Waals surface area contributed by atoms with Crippen molar-refractivity contribution in [2.75, 3.05) is 0 Å². The number of benzene rings is 2. The Labute approximate surface area is 157 Å². The Kier molecular flexibility index (Phi) is 4.07. The lowest BCUT2D eigenvalue weighted by molar-refractivity contribution is 0.435. The molecule has 118 valence electrons. The number of halogens is 2. The predicted octanol–water partition coefficient (Wildman–Crippen LogP) is 6.98. The van der Waals surface area contributed by atoms with Gasteiger partial charge in [0.1, 0.15) is 5.76 Å². The van der Waals surface area contributed by atoms with Crippen molar-refractivity contribution in [3.05, 3.63) is 98.2 Å². The van der Waals surface area contributed by atoms with Crippen molar-refractivity contribution >= 4 is 48.2 Å². The number of hydrogen-bond donors (Lipinski definition) is 1. The van der Waals surface area contributed by atoms with Gasteiger partial charge in [0.15, 0.2) is 0 Å². The lowest BCUT2D eigenvalue weighted by Gasteiger charge is -2.14. The summed E-state index contributed by atoms with van der Waals surface area (Å²) in [6.45, 7) is 0. The molecule has 0 aliphatic heterocycles. The normalized spacial score (nSPS) is 17.2. The smallest absolute Gasteiger partial charge is 0.123 e. The highest BCUT2D eigenvalue weighted by atomic mass is 79.9. The van der Waals surface area contributed by atoms with E-state index in [1.54, 1.807) is 6.08 Å². The van der Waals surface area contributed by atoms with E-state index in [2.05, 4.69) is 68.3 Å². The van der Waals surface area contributed by atoms with Crippen molar-refractivity contribution in [3.8, 4) is 0 Å². The van der Waals surface area contributed by atoms with E-state index in [4.69, 9.17) is 0 Å². The van der Waals surface area contributed by atoms with E-state index < -0.39 is 0 Å². The molecule has 0 saturated carbocycles. The average Bonchev–Trinajstić information content (AvgIpc) is 2.83. The zero-order valence-electron chi connectivity index (χ0n) is 12.8. The minimum atomic E-state index is 0.312. The molecule has 2 bridgehead atoms. The van der Waals surface area contributed by atoms with Gasteiger partial charge in [-0.2, -0.15) is 0 Å². The van der Waals surface area contributed by atoms with Gasteiger partial charge in [0.2, 0.25) is 0 Å². The monoisotopic (exact) mass is 440 g/mol. The second kappa shape index (κ2) is 6.23. The molecule has 1 N–H and O–H groups in total. The van der Waals surface area contributed by atoms with Crippen LogP contribution in [0.2, 0.25) is 0 Å². The van der Waals surface area contributed by atoms with Crippen LogP contribution in [0, 0.1) is 0 Å². The number of aliphatic hydroxyl groups is 1. The molecule has 3 heteroatoms. The highest BCUT2D eigenvalue weighted by Crippen LogP contribution is 2.39. The van der Waals surface area contributed by atoms with Gasteiger partial charge in [-0.1, -0.05) is 68.3 Å². The fourth-order valence-electron chi connectivity index (χ4n) is 3.23. The minimum absolute atomic E-state index is 0.312. The molecule has 2 aliphatic rings. The van der Waals surface area contributed by atoms with E-state index in [9.17, 15) is 5.11 Å². The lowest BCUT2D eigenvalue weighted by Crippen LogP contribution is -1.95. The summed E-state index contributed by atoms with van der Waals surface area (Å²) in [4.78, 5) is 0. The molecule has 2 aromatic rings. The van der Waals surface area contributed by atoms with Crippen LogP contribution in [-0.2, 0) is 0 Å². The van der Waals surface area contributed by atoms with Crippen LogP contribution in [0.1, 0.15) is 12.0 Å². The number of allylic oxidation sites excluding steroid dienone is 9. The summed E-state index contributed by atoms with van der Waals surface area (Å²) in [5.74, 6) is 0.312. The van der Waals surface area contributed by atoms with Crippen LogP contribution in [0.3, 0.4) is 0 Å². The molecule has 0 saturated heterocycles. The molecule has 1 nitrogen and oxygen atoms in total. The quantitative estimate of drug-likeness (QED) is 0.506. The van der Waals surface area contributed by atoms with Crippen LogP contribution in [0.15, 0.2) is 92.6 Å². The van der Waals surface area contributed by atoms with Gasteiger partial charge in [0.05, 0.1) is 0 Å². The molecule has 0 unspecified atom stereocenters. The maximum absolute atomic E-state index is 10.7. The van der Waals surface area contributed by atoms with Gasteiger partial charge in [-0.25, -0.2) is 0 Å². The van der Waals surface area contributed by atoms with E-state index in [0.717, 1.165) is 42.9 Å². The first-order valence-corrected chi connectivity index (χ1v) is 9.28. The second-order valence-corrected chi connectivity index (χ2v) is 7.74. The Morgan fingerprint density at radius 1 is 0.958 bits per heavy atom. The number of hydrogen-bond acceptors (Lipinski definition) is 1. The van der Waals surface area contributed by atoms with Crippen LogP contribution in [0.4, 0.5) is 0 Å². The molecule has 4 rings (SSSR count). The van der Waals surface area contributed by atoms with E-state index in [1.807, 2.05) is 24.3 Å². The summed E-state index contributed by atoms with van der Waals surface area (Å²) in [5, 5.41) is 13.0. The summed E-state index contributed by atoms with van der Waals surface area (Å²) in [6.07, 6.45) is 10.8. The molecule has 0 aromatic heterocycles. The van der Waals surface area contributed by atoms with Crippen molar-refractivity contribution in [1.82, 2.24) is 0 Å². The first-order chi connectivity index (χ1) is 11.6. The molecule has 0 radical (unpaired) electrons. The lowest BCUT2D eigenvalue weighted by atomic mass is 9.90. The molecule has 2 aromatic carbocycles. The van der Waals surface area contributed by atoms with E-state index in [-0.39, 0.29) is 0 Å². The summed E-state index contributed by atoms with van der Waals surface area (Å²) >= 11 is 7.09. The van der Waals surface area contributed by atoms with Gasteiger partial charge in [0, 0.05) is 14.5 Å². The summed E-state index contributed by atoms with van der Waals surface area (Å²) in [5.41, 5.74) is 4.25. The van der Waals surface area contributed by atoms with Crippen LogP contribution >= 0.6 is 31.9 Å². The number of rotatable bonds is 1. The third kappa shape index (κ3) is 2.83. The SMILES string of the molecule is OC1=C(c2cccc3cc(Br)ccc23)C2=CC=C(Br)C=C(C=C1)C2. The molecule has 0 atom stereocenters. The van der Waals surface area contributed by atoms with Crippen LogP contribution in [0.5, 0.6) is 0 Å². The van der Waals surface area contributed by atoms with E-state index in [1.165, 1.54) is 5.57 Å². The molecule has 2 aliphatic carbocycles. The molecule has 0 heterocycles. The highest BCUT2D eigenvalue weighted by molar-refractivity contribution is 9.12. The van der Waals surface area contributed by atoms with Crippen molar-refractivity contribution in [3.63, 3.8) is 0 Å². The zero-order valence-corrected chi connectivity index (χ0v) is 15.9. The van der Waals surface area contributed by atoms with Gasteiger partial charge in [-0.3, -0.25) is 0 Å². The summed E-state index contributed by atoms with van der Waals surface area (Å²) < 4.78 is 2.09. The van der Waals surface area contributed by atoms with Crippen molar-refractivity contribution < 1.29 is 5.11 Å². The summed E-state index contributed by atoms with van der Waals surface area (Å²) in [7, 11) is 0. The zero-order chi connectivity index (χ0) is 16.7. The van der Waals surface area contributed by atoms with Gasteiger partial charge < -0.3 is 5.11 Å². The Bertz CT molecular complexity index is 1000. The van der Waals surface area contributed by atoms with Crippen LogP contribution in [-0.4, -0.2) is 5.11 Å². The van der Waals surface area contributed by atoms with Crippen molar-refractivity contribution in [1.29, 1.82) is 0 Å². The van der Waals surface area contributed by atoms with Gasteiger partial charge in [-0.15, -0.1) is 0 Å². The largest absolute Gasteiger partial charge is 0.507 e. The van der Waals surface area contributed by atoms with Crippen LogP contribution in [0.25, 0.3) is 16.3 Å². The first kappa shape index (κ1) is 15.7. The van der Waals surface area contributed by atoms with Gasteiger partial charge in [0.25, 0.3) is 0 Å². The second-order valence-electron chi connectivity index (χ2n) is 5.90. The Balaban J connectivity index is 1.99. The Hall–Kier alpha value is -1.84. The topological polar surface area (TPSA) is 20.2 Å². The molecular formula is C21H14Br2O. The van der Waals surface area contributed by atoms with Gasteiger partial charge >= 0.3 is 0 Å². The third-order valence-corrected chi connectivity index (χ3v) is 5.29. The fourth-order valence-corrected chi connectivity index (χ4v) is 4.04. The summed E-state index contributed by atoms with van der Waals surface area (Å²) in [6, 6.07) is 12.5. The van der Waals surface area contributed by atoms with E-state index >= 15 is 0 Å². The van der Waals surface area contributed by atoms with Gasteiger partial charge in [-0.05, 0) is 64.3 Å². The molecule has 0 amide bonds. The highest BCUT2D eigenvalue weighted by Gasteiger charge is 2.19. The minimum Gasteiger partial charge on any atom is -0.507 e. The van der Waals surface area contributed by atoms with E-state index in [0.29, 0.717) is 5.76 Å². The van der Waals surface area contributed by atoms with Crippen LogP contribution < -0.4 is 0 Å². The fraction of sp³-hybridized carbons (Fsp3) is 0.0476. The first-order valence-electron chi connectivity index (χ1n) is 7.69. The average molecular weight is 442 g/mol. The molecular weight excluding hydrogens is 428 g/mol. The molecule has 0 fully saturated rings. The number of aliphatic hydroxyl groups excluding tert-OH is 1. The maximum atomic E-state index is 10.7. The molecule has 0 spiro atoms. The standard InChI is InChI=1S/C21H14Br2O/c22-16-6-5-15-10-13(11-16)4-9-20(24)21(15)19-3-1-2-14-12-17(23)7-8-18(14)19/h1-9,11-12,24H,10H2. The van der Waals surface area contributed by atoms with Crippen molar-refractivity contribution in [2.24, 2.45) is 0 Å². The van der Waals surface area contributed by atoms with Crippen molar-refractivity contribution in [2.45, 2.75) is 6.42 Å². The number of fused-ring (bicyclic) bond motifs is 3.